The van der Waals surface area contributed by atoms with Crippen LogP contribution in [-0.4, -0.2) is 74.2 Å². The second-order valence-corrected chi connectivity index (χ2v) is 9.78. The number of carbonyl (C=O) groups is 2. The first-order valence-corrected chi connectivity index (χ1v) is 11.4. The Bertz CT molecular complexity index is 603. The molecule has 6 nitrogen and oxygen atoms in total. The van der Waals surface area contributed by atoms with Crippen molar-refractivity contribution in [2.24, 2.45) is 35.5 Å². The van der Waals surface area contributed by atoms with Crippen molar-refractivity contribution in [2.75, 3.05) is 52.5 Å². The fourth-order valence-electron chi connectivity index (χ4n) is 6.37. The van der Waals surface area contributed by atoms with Gasteiger partial charge in [0.15, 0.2) is 0 Å². The largest absolute Gasteiger partial charge is 0.465 e. The van der Waals surface area contributed by atoms with Crippen molar-refractivity contribution in [3.8, 4) is 0 Å². The van der Waals surface area contributed by atoms with Crippen molar-refractivity contribution < 1.29 is 19.1 Å². The first kappa shape index (κ1) is 18.9. The first-order valence-electron chi connectivity index (χ1n) is 11.4. The predicted molar refractivity (Wildman–Crippen MR) is 103 cm³/mol. The summed E-state index contributed by atoms with van der Waals surface area (Å²) in [6.07, 6.45) is 6.24. The highest BCUT2D eigenvalue weighted by molar-refractivity contribution is 5.70. The summed E-state index contributed by atoms with van der Waals surface area (Å²) >= 11 is 0. The van der Waals surface area contributed by atoms with E-state index in [1.54, 1.807) is 0 Å². The normalized spacial score (nSPS) is 38.4. The maximum Gasteiger partial charge on any atom is 0.307 e. The van der Waals surface area contributed by atoms with Gasteiger partial charge in [0.25, 0.3) is 0 Å². The van der Waals surface area contributed by atoms with E-state index in [1.165, 1.54) is 19.3 Å². The zero-order valence-corrected chi connectivity index (χ0v) is 16.9. The molecule has 0 N–H and O–H groups in total. The Kier molecular flexibility index (Phi) is 5.35. The Labute approximate surface area is 167 Å². The van der Waals surface area contributed by atoms with E-state index in [2.05, 4.69) is 9.80 Å². The third kappa shape index (κ3) is 4.23. The molecule has 6 atom stereocenters. The number of ether oxygens (including phenoxy) is 2. The Balaban J connectivity index is 1.14. The molecular weight excluding hydrogens is 356 g/mol. The van der Waals surface area contributed by atoms with Crippen LogP contribution >= 0.6 is 0 Å². The SMILES string of the molecule is O=C(CCN1CC1)OC[C@@H]1C[C@@H]2[C@H]3CC[C@@H](C3)[C@@H]2[C@H]1COC(=O)CCN1CC1. The zero-order valence-electron chi connectivity index (χ0n) is 16.9. The molecule has 2 heterocycles. The molecule has 0 aromatic heterocycles. The van der Waals surface area contributed by atoms with Crippen molar-refractivity contribution in [3.05, 3.63) is 0 Å². The molecular formula is C22H34N2O4. The minimum absolute atomic E-state index is 0.0623. The van der Waals surface area contributed by atoms with Crippen LogP contribution in [0.3, 0.4) is 0 Å². The third-order valence-electron chi connectivity index (χ3n) is 8.07. The van der Waals surface area contributed by atoms with Crippen LogP contribution < -0.4 is 0 Å². The van der Waals surface area contributed by atoms with Gasteiger partial charge in [-0.05, 0) is 55.3 Å². The van der Waals surface area contributed by atoms with Crippen LogP contribution in [-0.2, 0) is 19.1 Å². The fourth-order valence-corrected chi connectivity index (χ4v) is 6.37. The van der Waals surface area contributed by atoms with E-state index in [0.717, 1.165) is 63.4 Å². The second kappa shape index (κ2) is 7.94. The van der Waals surface area contributed by atoms with Crippen molar-refractivity contribution in [3.63, 3.8) is 0 Å². The van der Waals surface area contributed by atoms with E-state index in [1.807, 2.05) is 0 Å². The minimum atomic E-state index is -0.0684. The van der Waals surface area contributed by atoms with Gasteiger partial charge in [0.05, 0.1) is 26.1 Å². The van der Waals surface area contributed by atoms with Gasteiger partial charge in [0.1, 0.15) is 0 Å². The number of rotatable bonds is 10. The number of hydrogen-bond acceptors (Lipinski definition) is 6. The smallest absolute Gasteiger partial charge is 0.307 e. The summed E-state index contributed by atoms with van der Waals surface area (Å²) in [5.41, 5.74) is 0. The topological polar surface area (TPSA) is 58.6 Å². The van der Waals surface area contributed by atoms with Gasteiger partial charge in [-0.15, -0.1) is 0 Å². The number of fused-ring (bicyclic) bond motifs is 5. The summed E-state index contributed by atoms with van der Waals surface area (Å²) in [6, 6.07) is 0. The lowest BCUT2D eigenvalue weighted by atomic mass is 9.77. The zero-order chi connectivity index (χ0) is 19.1. The van der Waals surface area contributed by atoms with Crippen molar-refractivity contribution in [1.29, 1.82) is 0 Å². The summed E-state index contributed by atoms with van der Waals surface area (Å²) in [5, 5.41) is 0. The van der Waals surface area contributed by atoms with E-state index in [-0.39, 0.29) is 11.9 Å². The molecule has 6 heteroatoms. The van der Waals surface area contributed by atoms with Crippen LogP contribution in [0, 0.1) is 35.5 Å². The molecule has 0 radical (unpaired) electrons. The van der Waals surface area contributed by atoms with Gasteiger partial charge in [0, 0.05) is 45.2 Å². The fraction of sp³-hybridized carbons (Fsp3) is 0.909. The Hall–Kier alpha value is -1.14. The Morgan fingerprint density at radius 1 is 0.786 bits per heavy atom. The van der Waals surface area contributed by atoms with Crippen LogP contribution in [0.25, 0.3) is 0 Å². The maximum atomic E-state index is 12.2. The molecule has 0 spiro atoms. The lowest BCUT2D eigenvalue weighted by molar-refractivity contribution is -0.150. The molecule has 0 aromatic carbocycles. The summed E-state index contributed by atoms with van der Waals surface area (Å²) in [7, 11) is 0. The summed E-state index contributed by atoms with van der Waals surface area (Å²) in [6.45, 7) is 7.18. The Morgan fingerprint density at radius 3 is 2.04 bits per heavy atom. The molecule has 5 fully saturated rings. The highest BCUT2D eigenvalue weighted by atomic mass is 16.5. The number of carbonyl (C=O) groups excluding carboxylic acids is 2. The molecule has 0 amide bonds. The van der Waals surface area contributed by atoms with E-state index in [4.69, 9.17) is 9.47 Å². The van der Waals surface area contributed by atoms with Gasteiger partial charge in [-0.25, -0.2) is 0 Å². The average Bonchev–Trinajstić information content (AvgIpc) is 3.59. The van der Waals surface area contributed by atoms with E-state index >= 15 is 0 Å². The van der Waals surface area contributed by atoms with Crippen LogP contribution in [0.4, 0.5) is 0 Å². The number of esters is 2. The van der Waals surface area contributed by atoms with Gasteiger partial charge >= 0.3 is 11.9 Å². The molecule has 5 rings (SSSR count). The van der Waals surface area contributed by atoms with Crippen LogP contribution in [0.2, 0.25) is 0 Å². The van der Waals surface area contributed by atoms with Gasteiger partial charge < -0.3 is 19.3 Å². The minimum Gasteiger partial charge on any atom is -0.465 e. The van der Waals surface area contributed by atoms with Crippen LogP contribution in [0.5, 0.6) is 0 Å². The monoisotopic (exact) mass is 390 g/mol. The molecule has 3 saturated carbocycles. The number of nitrogens with zero attached hydrogens (tertiary/aromatic N) is 2. The van der Waals surface area contributed by atoms with E-state index in [9.17, 15) is 9.59 Å². The van der Waals surface area contributed by atoms with Gasteiger partial charge in [0.2, 0.25) is 0 Å². The molecule has 0 aromatic rings. The standard InChI is InChI=1S/C22H34N2O4/c25-20(3-5-23-7-8-23)27-13-17-12-18-15-1-2-16(11-15)22(18)19(17)14-28-21(26)4-6-24-9-10-24/h15-19,22H,1-14H2/t15-,16-,17-,18+,19-,22-/m0/s1. The highest BCUT2D eigenvalue weighted by Crippen LogP contribution is 2.62. The van der Waals surface area contributed by atoms with Crippen LogP contribution in [0.15, 0.2) is 0 Å². The molecule has 2 bridgehead atoms. The average molecular weight is 391 g/mol. The van der Waals surface area contributed by atoms with Crippen LogP contribution in [0.1, 0.15) is 38.5 Å². The first-order chi connectivity index (χ1) is 13.7. The quantitative estimate of drug-likeness (QED) is 0.419. The van der Waals surface area contributed by atoms with Gasteiger partial charge in [-0.1, -0.05) is 0 Å². The van der Waals surface area contributed by atoms with Crippen molar-refractivity contribution in [2.45, 2.75) is 38.5 Å². The molecule has 5 aliphatic rings. The highest BCUT2D eigenvalue weighted by Gasteiger charge is 2.57. The summed E-state index contributed by atoms with van der Waals surface area (Å²) in [4.78, 5) is 28.8. The second-order valence-electron chi connectivity index (χ2n) is 9.78. The molecule has 28 heavy (non-hydrogen) atoms. The Morgan fingerprint density at radius 2 is 1.39 bits per heavy atom. The maximum absolute atomic E-state index is 12.2. The number of hydrogen-bond donors (Lipinski definition) is 0. The van der Waals surface area contributed by atoms with E-state index in [0.29, 0.717) is 43.8 Å². The van der Waals surface area contributed by atoms with E-state index < -0.39 is 0 Å². The molecule has 0 unspecified atom stereocenters. The molecule has 156 valence electrons. The van der Waals surface area contributed by atoms with Crippen molar-refractivity contribution in [1.82, 2.24) is 9.80 Å². The summed E-state index contributed by atoms with van der Waals surface area (Å²) in [5.74, 6) is 3.73. The lowest BCUT2D eigenvalue weighted by Gasteiger charge is -2.30. The lowest BCUT2D eigenvalue weighted by Crippen LogP contribution is -2.30. The summed E-state index contributed by atoms with van der Waals surface area (Å²) < 4.78 is 11.4. The van der Waals surface area contributed by atoms with Gasteiger partial charge in [-0.3, -0.25) is 9.59 Å². The van der Waals surface area contributed by atoms with Gasteiger partial charge in [-0.2, -0.15) is 0 Å². The molecule has 2 saturated heterocycles. The third-order valence-corrected chi connectivity index (χ3v) is 8.07. The molecule has 2 aliphatic heterocycles. The predicted octanol–water partition coefficient (Wildman–Crippen LogP) is 1.78. The molecule has 3 aliphatic carbocycles. The van der Waals surface area contributed by atoms with Crippen molar-refractivity contribution >= 4 is 11.9 Å².